The molecule has 1 heterocycles. The van der Waals surface area contributed by atoms with Crippen LogP contribution in [0.1, 0.15) is 10.4 Å². The molecule has 1 aromatic heterocycles. The number of hydrogen-bond acceptors (Lipinski definition) is 3. The Morgan fingerprint density at radius 3 is 2.35 bits per heavy atom. The van der Waals surface area contributed by atoms with Gasteiger partial charge in [0.05, 0.1) is 11.8 Å². The van der Waals surface area contributed by atoms with Crippen molar-refractivity contribution in [3.8, 4) is 17.0 Å². The van der Waals surface area contributed by atoms with Gasteiger partial charge in [-0.1, -0.05) is 42.5 Å². The fourth-order valence-corrected chi connectivity index (χ4v) is 2.22. The molecule has 0 fully saturated rings. The van der Waals surface area contributed by atoms with E-state index in [2.05, 4.69) is 4.98 Å². The topological polar surface area (TPSA) is 54.1 Å². The van der Waals surface area contributed by atoms with Crippen molar-refractivity contribution in [1.82, 2.24) is 4.98 Å². The van der Waals surface area contributed by atoms with E-state index >= 15 is 0 Å². The largest absolute Gasteiger partial charge is 1.00 e. The van der Waals surface area contributed by atoms with E-state index in [-0.39, 0.29) is 35.1 Å². The van der Waals surface area contributed by atoms with Crippen molar-refractivity contribution in [3.63, 3.8) is 0 Å². The molecule has 4 nitrogen and oxygen atoms in total. The minimum atomic E-state index is -0.155. The molecule has 0 unspecified atom stereocenters. The number of phenols is 1. The van der Waals surface area contributed by atoms with Crippen LogP contribution in [0.2, 0.25) is 0 Å². The van der Waals surface area contributed by atoms with Gasteiger partial charge in [0.15, 0.2) is 12.2 Å². The Morgan fingerprint density at radius 2 is 1.70 bits per heavy atom. The van der Waals surface area contributed by atoms with Crippen LogP contribution in [0.15, 0.2) is 73.2 Å². The quantitative estimate of drug-likeness (QED) is 0.503. The lowest BCUT2D eigenvalue weighted by atomic mass is 10.1. The van der Waals surface area contributed by atoms with E-state index in [9.17, 15) is 9.90 Å². The van der Waals surface area contributed by atoms with Gasteiger partial charge < -0.3 is 22.1 Å². The van der Waals surface area contributed by atoms with Crippen molar-refractivity contribution >= 4 is 5.78 Å². The van der Waals surface area contributed by atoms with Gasteiger partial charge in [-0.2, -0.15) is 0 Å². The first-order valence-electron chi connectivity index (χ1n) is 6.96. The summed E-state index contributed by atoms with van der Waals surface area (Å²) in [6.45, 7) is 0.139. The number of ketones is 1. The number of carbonyl (C=O) groups excluding carboxylic acids is 1. The molecule has 2 aromatic carbocycles. The molecule has 3 rings (SSSR count). The molecule has 0 saturated heterocycles. The fourth-order valence-electron chi connectivity index (χ4n) is 2.22. The first-order chi connectivity index (χ1) is 10.7. The smallest absolute Gasteiger partial charge is 0.287 e. The number of para-hydroxylation sites is 1. The van der Waals surface area contributed by atoms with Crippen molar-refractivity contribution in [2.75, 3.05) is 0 Å². The Hall–Kier alpha value is -2.53. The molecular formula is C18H15BrN2O2. The van der Waals surface area contributed by atoms with Gasteiger partial charge in [0.1, 0.15) is 5.75 Å². The monoisotopic (exact) mass is 370 g/mol. The minimum Gasteiger partial charge on any atom is -1.00 e. The number of benzene rings is 2. The number of aromatic nitrogens is 2. The van der Waals surface area contributed by atoms with E-state index in [1.807, 2.05) is 42.6 Å². The van der Waals surface area contributed by atoms with Crippen molar-refractivity contribution < 1.29 is 31.4 Å². The molecule has 0 aliphatic rings. The van der Waals surface area contributed by atoms with Crippen molar-refractivity contribution in [2.24, 2.45) is 0 Å². The lowest BCUT2D eigenvalue weighted by molar-refractivity contribution is -0.686. The number of hydrogen-bond donors (Lipinski definition) is 1. The van der Waals surface area contributed by atoms with Crippen LogP contribution in [0.4, 0.5) is 0 Å². The van der Waals surface area contributed by atoms with Gasteiger partial charge in [-0.3, -0.25) is 4.79 Å². The molecule has 0 aliphatic heterocycles. The standard InChI is InChI=1S/C18H14N2O2.BrH/c21-17-9-5-4-8-15(17)18(22)12-20-11-10-16(19-13-20)14-6-2-1-3-7-14;/h1-11,13H,12H2;1H. The highest BCUT2D eigenvalue weighted by Crippen LogP contribution is 2.16. The van der Waals surface area contributed by atoms with Crippen LogP contribution in [0.5, 0.6) is 5.75 Å². The number of carbonyl (C=O) groups is 1. The molecule has 3 aromatic rings. The SMILES string of the molecule is O=C(C[n+]1ccc(-c2ccccc2)nc1)c1ccccc1O.[Br-]. The highest BCUT2D eigenvalue weighted by atomic mass is 79.9. The zero-order valence-electron chi connectivity index (χ0n) is 12.3. The summed E-state index contributed by atoms with van der Waals surface area (Å²) in [6, 6.07) is 18.3. The van der Waals surface area contributed by atoms with Crippen molar-refractivity contribution in [1.29, 1.82) is 0 Å². The predicted octanol–water partition coefficient (Wildman–Crippen LogP) is -0.371. The Bertz CT molecular complexity index is 790. The maximum Gasteiger partial charge on any atom is 0.287 e. The Balaban J connectivity index is 0.00000192. The third-order valence-corrected chi connectivity index (χ3v) is 3.37. The number of aromatic hydroxyl groups is 1. The van der Waals surface area contributed by atoms with E-state index in [0.717, 1.165) is 11.3 Å². The maximum atomic E-state index is 12.2. The molecule has 1 N–H and O–H groups in total. The highest BCUT2D eigenvalue weighted by Gasteiger charge is 2.14. The Kier molecular flexibility index (Phi) is 5.60. The highest BCUT2D eigenvalue weighted by molar-refractivity contribution is 5.97. The molecular weight excluding hydrogens is 356 g/mol. The lowest BCUT2D eigenvalue weighted by Crippen LogP contribution is -3.00. The first kappa shape index (κ1) is 16.8. The van der Waals surface area contributed by atoms with E-state index < -0.39 is 0 Å². The number of nitrogens with zero attached hydrogens (tertiary/aromatic N) is 2. The molecule has 5 heteroatoms. The number of rotatable bonds is 4. The Morgan fingerprint density at radius 1 is 1.00 bits per heavy atom. The van der Waals surface area contributed by atoms with Gasteiger partial charge in [-0.15, -0.1) is 0 Å². The van der Waals surface area contributed by atoms with Gasteiger partial charge in [0, 0.05) is 11.6 Å². The zero-order chi connectivity index (χ0) is 15.4. The van der Waals surface area contributed by atoms with Gasteiger partial charge >= 0.3 is 0 Å². The summed E-state index contributed by atoms with van der Waals surface area (Å²) in [4.78, 5) is 16.5. The second-order valence-electron chi connectivity index (χ2n) is 4.92. The second kappa shape index (κ2) is 7.65. The van der Waals surface area contributed by atoms with Gasteiger partial charge in [-0.05, 0) is 17.1 Å². The molecule has 0 bridgehead atoms. The van der Waals surface area contributed by atoms with Crippen LogP contribution >= 0.6 is 0 Å². The molecule has 0 saturated carbocycles. The zero-order valence-corrected chi connectivity index (χ0v) is 13.8. The third kappa shape index (κ3) is 4.02. The summed E-state index contributed by atoms with van der Waals surface area (Å²) < 4.78 is 1.70. The van der Waals surface area contributed by atoms with E-state index in [1.54, 1.807) is 29.1 Å². The van der Waals surface area contributed by atoms with Crippen molar-refractivity contribution in [3.05, 3.63) is 78.8 Å². The number of phenolic OH excluding ortho intramolecular Hbond substituents is 1. The Labute approximate surface area is 144 Å². The number of Topliss-reactive ketones (excluding diaryl/α,β-unsaturated/α-hetero) is 1. The molecule has 0 amide bonds. The molecule has 0 atom stereocenters. The van der Waals surface area contributed by atoms with Gasteiger partial charge in [-0.25, -0.2) is 4.57 Å². The lowest BCUT2D eigenvalue weighted by Gasteiger charge is -2.02. The van der Waals surface area contributed by atoms with Crippen LogP contribution in [0, 0.1) is 0 Å². The third-order valence-electron chi connectivity index (χ3n) is 3.37. The average Bonchev–Trinajstić information content (AvgIpc) is 2.57. The molecule has 0 aliphatic carbocycles. The summed E-state index contributed by atoms with van der Waals surface area (Å²) in [5.41, 5.74) is 2.20. The molecule has 116 valence electrons. The summed E-state index contributed by atoms with van der Waals surface area (Å²) in [7, 11) is 0. The maximum absolute atomic E-state index is 12.2. The van der Waals surface area contributed by atoms with E-state index in [4.69, 9.17) is 0 Å². The first-order valence-corrected chi connectivity index (χ1v) is 6.96. The van der Waals surface area contributed by atoms with Crippen LogP contribution in [0.25, 0.3) is 11.3 Å². The van der Waals surface area contributed by atoms with E-state index in [0.29, 0.717) is 5.56 Å². The van der Waals surface area contributed by atoms with Crippen LogP contribution < -0.4 is 21.5 Å². The van der Waals surface area contributed by atoms with Gasteiger partial charge in [0.25, 0.3) is 6.33 Å². The predicted molar refractivity (Wildman–Crippen MR) is 82.3 cm³/mol. The van der Waals surface area contributed by atoms with Crippen molar-refractivity contribution in [2.45, 2.75) is 6.54 Å². The summed E-state index contributed by atoms with van der Waals surface area (Å²) in [5, 5.41) is 9.71. The van der Waals surface area contributed by atoms with Gasteiger partial charge in [0.2, 0.25) is 5.78 Å². The molecule has 23 heavy (non-hydrogen) atoms. The average molecular weight is 371 g/mol. The van der Waals surface area contributed by atoms with Crippen LogP contribution in [0.3, 0.4) is 0 Å². The minimum absolute atomic E-state index is 0. The number of halogens is 1. The van der Waals surface area contributed by atoms with Crippen LogP contribution in [-0.4, -0.2) is 15.9 Å². The molecule has 0 radical (unpaired) electrons. The fraction of sp³-hybridized carbons (Fsp3) is 0.0556. The summed E-state index contributed by atoms with van der Waals surface area (Å²) >= 11 is 0. The van der Waals surface area contributed by atoms with Crippen LogP contribution in [-0.2, 0) is 6.54 Å². The van der Waals surface area contributed by atoms with E-state index in [1.165, 1.54) is 6.07 Å². The normalized spacial score (nSPS) is 9.91. The molecule has 0 spiro atoms. The summed E-state index contributed by atoms with van der Waals surface area (Å²) in [6.07, 6.45) is 3.44. The second-order valence-corrected chi connectivity index (χ2v) is 4.92. The summed E-state index contributed by atoms with van der Waals surface area (Å²) in [5.74, 6) is -0.153.